The van der Waals surface area contributed by atoms with Crippen molar-refractivity contribution in [3.8, 4) is 0 Å². The third-order valence-corrected chi connectivity index (χ3v) is 5.79. The minimum Gasteiger partial charge on any atom is -0.492 e. The van der Waals surface area contributed by atoms with E-state index in [1.165, 1.54) is 15.7 Å². The second-order valence-corrected chi connectivity index (χ2v) is 7.66. The molecule has 1 N–H and O–H groups in total. The van der Waals surface area contributed by atoms with E-state index in [9.17, 15) is 0 Å². The highest BCUT2D eigenvalue weighted by atomic mass is 35.5. The summed E-state index contributed by atoms with van der Waals surface area (Å²) in [5.41, 5.74) is 1.11. The van der Waals surface area contributed by atoms with Crippen molar-refractivity contribution in [3.63, 3.8) is 0 Å². The van der Waals surface area contributed by atoms with Crippen LogP contribution in [0.3, 0.4) is 0 Å². The van der Waals surface area contributed by atoms with Crippen molar-refractivity contribution in [1.29, 1.82) is 0 Å². The number of halogens is 1. The van der Waals surface area contributed by atoms with Gasteiger partial charge in [0.15, 0.2) is 0 Å². The molecule has 0 amide bonds. The third kappa shape index (κ3) is 3.99. The molecule has 4 heteroatoms. The molecule has 0 spiro atoms. The molecule has 2 nitrogen and oxygen atoms in total. The van der Waals surface area contributed by atoms with Gasteiger partial charge in [0, 0.05) is 22.9 Å². The number of fused-ring (bicyclic) bond motifs is 1. The summed E-state index contributed by atoms with van der Waals surface area (Å²) in [5.74, 6) is 1.51. The van der Waals surface area contributed by atoms with E-state index in [2.05, 4.69) is 61.3 Å². The smallest absolute Gasteiger partial charge is 0.143 e. The fraction of sp³-hybridized carbons (Fsp3) is 0.381. The Balaban J connectivity index is 2.17. The Morgan fingerprint density at radius 2 is 2.04 bits per heavy atom. The number of benzene rings is 2. The van der Waals surface area contributed by atoms with Crippen molar-refractivity contribution in [2.45, 2.75) is 18.7 Å². The molecule has 1 aliphatic heterocycles. The first-order valence-corrected chi connectivity index (χ1v) is 10.4. The maximum atomic E-state index is 6.91. The number of hydrogen-bond donors (Lipinski definition) is 1. The van der Waals surface area contributed by atoms with Gasteiger partial charge in [-0.05, 0) is 48.9 Å². The summed E-state index contributed by atoms with van der Waals surface area (Å²) in [6, 6.07) is 12.8. The van der Waals surface area contributed by atoms with Gasteiger partial charge in [-0.15, -0.1) is 11.8 Å². The van der Waals surface area contributed by atoms with Gasteiger partial charge in [0.2, 0.25) is 0 Å². The highest BCUT2D eigenvalue weighted by Gasteiger charge is 2.26. The standard InChI is InChI=1S/C21H25ClNOS/c1-4-24-21(20(22)16-11-14(2)12-23-13-16)19-17-8-6-5-7-15(17)9-10-18(19)25-3/h5-11,14,16,23H,4,12-13H2,1-3H3. The molecule has 0 aromatic heterocycles. The van der Waals surface area contributed by atoms with E-state index < -0.39 is 0 Å². The van der Waals surface area contributed by atoms with Crippen molar-refractivity contribution in [1.82, 2.24) is 5.32 Å². The Morgan fingerprint density at radius 1 is 1.24 bits per heavy atom. The Morgan fingerprint density at radius 3 is 2.76 bits per heavy atom. The zero-order valence-electron chi connectivity index (χ0n) is 15.0. The maximum absolute atomic E-state index is 6.91. The van der Waals surface area contributed by atoms with E-state index >= 15 is 0 Å². The minimum absolute atomic E-state index is 0.181. The average Bonchev–Trinajstić information content (AvgIpc) is 2.65. The SMILES string of the molecule is CCOC(=C(Cl)C1[CH]C(C)CNC1)c1c(SC)ccc2ccccc12. The summed E-state index contributed by atoms with van der Waals surface area (Å²) in [6.07, 6.45) is 4.43. The molecule has 1 aliphatic rings. The summed E-state index contributed by atoms with van der Waals surface area (Å²) in [6.45, 7) is 6.70. The van der Waals surface area contributed by atoms with Crippen molar-refractivity contribution in [3.05, 3.63) is 53.4 Å². The van der Waals surface area contributed by atoms with Gasteiger partial charge in [-0.25, -0.2) is 0 Å². The molecule has 2 unspecified atom stereocenters. The van der Waals surface area contributed by atoms with Crippen molar-refractivity contribution >= 4 is 39.9 Å². The zero-order chi connectivity index (χ0) is 17.8. The minimum atomic E-state index is 0.181. The van der Waals surface area contributed by atoms with Gasteiger partial charge in [-0.1, -0.05) is 48.9 Å². The van der Waals surface area contributed by atoms with E-state index in [1.807, 2.05) is 6.92 Å². The van der Waals surface area contributed by atoms with Gasteiger partial charge in [-0.2, -0.15) is 0 Å². The summed E-state index contributed by atoms with van der Waals surface area (Å²) in [5, 5.41) is 6.66. The Hall–Kier alpha value is -1.16. The topological polar surface area (TPSA) is 21.3 Å². The Labute approximate surface area is 160 Å². The van der Waals surface area contributed by atoms with E-state index in [0.29, 0.717) is 12.5 Å². The first-order valence-electron chi connectivity index (χ1n) is 8.80. The van der Waals surface area contributed by atoms with Crippen LogP contribution in [-0.4, -0.2) is 26.0 Å². The molecule has 2 aromatic carbocycles. The quantitative estimate of drug-likeness (QED) is 0.546. The van der Waals surface area contributed by atoms with Gasteiger partial charge >= 0.3 is 0 Å². The third-order valence-electron chi connectivity index (χ3n) is 4.56. The molecule has 1 radical (unpaired) electrons. The second-order valence-electron chi connectivity index (χ2n) is 6.41. The lowest BCUT2D eigenvalue weighted by Crippen LogP contribution is -2.36. The molecule has 0 bridgehead atoms. The van der Waals surface area contributed by atoms with E-state index in [-0.39, 0.29) is 5.92 Å². The molecule has 1 fully saturated rings. The van der Waals surface area contributed by atoms with Gasteiger partial charge in [0.25, 0.3) is 0 Å². The van der Waals surface area contributed by atoms with Gasteiger partial charge in [0.05, 0.1) is 11.6 Å². The number of hydrogen-bond acceptors (Lipinski definition) is 3. The van der Waals surface area contributed by atoms with E-state index in [4.69, 9.17) is 16.3 Å². The molecular weight excluding hydrogens is 350 g/mol. The van der Waals surface area contributed by atoms with Crippen LogP contribution in [0.5, 0.6) is 0 Å². The molecule has 1 heterocycles. The number of ether oxygens (including phenoxy) is 1. The van der Waals surface area contributed by atoms with Gasteiger partial charge < -0.3 is 10.1 Å². The van der Waals surface area contributed by atoms with Crippen molar-refractivity contribution in [2.75, 3.05) is 26.0 Å². The Kier molecular flexibility index (Phi) is 6.32. The molecule has 3 rings (SSSR count). The largest absolute Gasteiger partial charge is 0.492 e. The van der Waals surface area contributed by atoms with Crippen molar-refractivity contribution < 1.29 is 4.74 Å². The van der Waals surface area contributed by atoms with Crippen LogP contribution in [0, 0.1) is 18.3 Å². The van der Waals surface area contributed by atoms with Gasteiger partial charge in [0.1, 0.15) is 5.76 Å². The number of nitrogens with one attached hydrogen (secondary N) is 1. The summed E-state index contributed by atoms with van der Waals surface area (Å²) < 4.78 is 6.12. The molecule has 2 atom stereocenters. The maximum Gasteiger partial charge on any atom is 0.143 e. The molecule has 0 saturated carbocycles. The molecule has 133 valence electrons. The lowest BCUT2D eigenvalue weighted by atomic mass is 9.90. The van der Waals surface area contributed by atoms with Crippen molar-refractivity contribution in [2.24, 2.45) is 11.8 Å². The summed E-state index contributed by atoms with van der Waals surface area (Å²) in [7, 11) is 0. The molecule has 25 heavy (non-hydrogen) atoms. The highest BCUT2D eigenvalue weighted by molar-refractivity contribution is 7.98. The monoisotopic (exact) mass is 374 g/mol. The van der Waals surface area contributed by atoms with Crippen LogP contribution in [0.1, 0.15) is 19.4 Å². The highest BCUT2D eigenvalue weighted by Crippen LogP contribution is 2.39. The Bertz CT molecular complexity index is 774. The first kappa shape index (κ1) is 18.6. The van der Waals surface area contributed by atoms with Crippen LogP contribution in [0.2, 0.25) is 0 Å². The predicted molar refractivity (Wildman–Crippen MR) is 110 cm³/mol. The number of rotatable bonds is 5. The molecule has 1 saturated heterocycles. The lowest BCUT2D eigenvalue weighted by Gasteiger charge is -2.29. The van der Waals surface area contributed by atoms with Crippen LogP contribution < -0.4 is 5.32 Å². The second kappa shape index (κ2) is 8.48. The van der Waals surface area contributed by atoms with Crippen LogP contribution >= 0.6 is 23.4 Å². The zero-order valence-corrected chi connectivity index (χ0v) is 16.6. The normalized spacial score (nSPS) is 21.9. The predicted octanol–water partition coefficient (Wildman–Crippen LogP) is 5.57. The first-order chi connectivity index (χ1) is 12.2. The van der Waals surface area contributed by atoms with Crippen LogP contribution in [0.15, 0.2) is 46.3 Å². The van der Waals surface area contributed by atoms with Crippen LogP contribution in [0.4, 0.5) is 0 Å². The lowest BCUT2D eigenvalue weighted by molar-refractivity contribution is 0.293. The van der Waals surface area contributed by atoms with E-state index in [1.54, 1.807) is 11.8 Å². The molecular formula is C21H25ClNOS. The van der Waals surface area contributed by atoms with Crippen LogP contribution in [0.25, 0.3) is 16.5 Å². The fourth-order valence-electron chi connectivity index (χ4n) is 3.40. The van der Waals surface area contributed by atoms with E-state index in [0.717, 1.165) is 29.4 Å². The van der Waals surface area contributed by atoms with Crippen LogP contribution in [-0.2, 0) is 4.74 Å². The fourth-order valence-corrected chi connectivity index (χ4v) is 4.31. The summed E-state index contributed by atoms with van der Waals surface area (Å²) in [4.78, 5) is 1.19. The average molecular weight is 375 g/mol. The molecule has 0 aliphatic carbocycles. The molecule has 2 aromatic rings. The number of piperidine rings is 1. The summed E-state index contributed by atoms with van der Waals surface area (Å²) >= 11 is 8.64. The van der Waals surface area contributed by atoms with Gasteiger partial charge in [-0.3, -0.25) is 0 Å². The number of thioether (sulfide) groups is 1.